The van der Waals surface area contributed by atoms with Gasteiger partial charge in [0.05, 0.1) is 14.2 Å². The van der Waals surface area contributed by atoms with Crippen LogP contribution in [0.4, 0.5) is 0 Å². The summed E-state index contributed by atoms with van der Waals surface area (Å²) < 4.78 is 10.5. The number of piperidine rings is 1. The molecule has 1 atom stereocenters. The predicted octanol–water partition coefficient (Wildman–Crippen LogP) is 3.41. The zero-order valence-electron chi connectivity index (χ0n) is 18.4. The van der Waals surface area contributed by atoms with Crippen molar-refractivity contribution in [3.63, 3.8) is 0 Å². The molecule has 1 saturated heterocycles. The first-order valence-corrected chi connectivity index (χ1v) is 10.9. The topological polar surface area (TPSA) is 79.5 Å². The molecule has 1 amide bonds. The number of carbonyl (C=O) groups excluding carboxylic acids is 1. The quantitative estimate of drug-likeness (QED) is 0.623. The first-order chi connectivity index (χ1) is 14.6. The zero-order valence-corrected chi connectivity index (χ0v) is 18.4. The van der Waals surface area contributed by atoms with Gasteiger partial charge >= 0.3 is 0 Å². The minimum Gasteiger partial charge on any atom is -0.497 e. The summed E-state index contributed by atoms with van der Waals surface area (Å²) in [4.78, 5) is 23.0. The Morgan fingerprint density at radius 2 is 2.03 bits per heavy atom. The predicted molar refractivity (Wildman–Crippen MR) is 117 cm³/mol. The van der Waals surface area contributed by atoms with Gasteiger partial charge in [-0.2, -0.15) is 0 Å². The Morgan fingerprint density at radius 3 is 2.73 bits per heavy atom. The van der Waals surface area contributed by atoms with E-state index in [4.69, 9.17) is 9.47 Å². The maximum Gasteiger partial charge on any atom is 0.251 e. The third kappa shape index (κ3) is 6.23. The lowest BCUT2D eigenvalue weighted by atomic mass is 9.97. The number of hydrogen-bond acceptors (Lipinski definition) is 5. The second-order valence-electron chi connectivity index (χ2n) is 8.01. The van der Waals surface area contributed by atoms with E-state index < -0.39 is 0 Å². The molecule has 0 aliphatic carbocycles. The van der Waals surface area contributed by atoms with E-state index in [-0.39, 0.29) is 5.91 Å². The molecule has 1 aliphatic rings. The van der Waals surface area contributed by atoms with E-state index in [1.807, 2.05) is 6.20 Å². The van der Waals surface area contributed by atoms with Gasteiger partial charge in [0.1, 0.15) is 17.3 Å². The monoisotopic (exact) mass is 414 g/mol. The van der Waals surface area contributed by atoms with Gasteiger partial charge in [0.25, 0.3) is 5.91 Å². The number of likely N-dealkylation sites (tertiary alicyclic amines) is 1. The number of ether oxygens (including phenoxy) is 2. The number of amides is 1. The maximum absolute atomic E-state index is 12.6. The zero-order chi connectivity index (χ0) is 21.3. The largest absolute Gasteiger partial charge is 0.497 e. The highest BCUT2D eigenvalue weighted by atomic mass is 16.5. The molecule has 1 aromatic carbocycles. The van der Waals surface area contributed by atoms with Gasteiger partial charge in [0.15, 0.2) is 0 Å². The van der Waals surface area contributed by atoms with Crippen molar-refractivity contribution in [2.45, 2.75) is 45.6 Å². The number of aromatic amines is 1. The number of aromatic nitrogens is 2. The summed E-state index contributed by atoms with van der Waals surface area (Å²) in [6.07, 6.45) is 7.59. The van der Waals surface area contributed by atoms with Crippen molar-refractivity contribution in [3.8, 4) is 11.5 Å². The molecule has 3 rings (SSSR count). The van der Waals surface area contributed by atoms with Crippen LogP contribution in [0, 0.1) is 5.92 Å². The van der Waals surface area contributed by atoms with Gasteiger partial charge in [-0.15, -0.1) is 0 Å². The normalized spacial score (nSPS) is 17.0. The van der Waals surface area contributed by atoms with Crippen molar-refractivity contribution in [2.24, 2.45) is 5.92 Å². The van der Waals surface area contributed by atoms with Crippen LogP contribution in [-0.4, -0.2) is 54.6 Å². The average molecular weight is 415 g/mol. The summed E-state index contributed by atoms with van der Waals surface area (Å²) in [6, 6.07) is 5.23. The standard InChI is InChI=1S/C23H34N4O3/c1-4-5-8-22-24-14-19(26-22)16-27-9-6-7-17(15-27)13-25-23(28)18-10-20(29-2)12-21(11-18)30-3/h10-12,14,17H,4-9,13,15-16H2,1-3H3,(H,24,26)(H,25,28). The number of unbranched alkanes of at least 4 members (excludes halogenated alkanes) is 1. The number of H-pyrrole nitrogens is 1. The number of nitrogens with zero attached hydrogens (tertiary/aromatic N) is 2. The number of nitrogens with one attached hydrogen (secondary N) is 2. The van der Waals surface area contributed by atoms with E-state index in [0.29, 0.717) is 29.5 Å². The van der Waals surface area contributed by atoms with Crippen LogP contribution >= 0.6 is 0 Å². The van der Waals surface area contributed by atoms with E-state index in [1.54, 1.807) is 32.4 Å². The molecule has 0 saturated carbocycles. The van der Waals surface area contributed by atoms with Crippen molar-refractivity contribution < 1.29 is 14.3 Å². The van der Waals surface area contributed by atoms with E-state index in [0.717, 1.165) is 51.1 Å². The summed E-state index contributed by atoms with van der Waals surface area (Å²) in [5.41, 5.74) is 1.73. The average Bonchev–Trinajstić information content (AvgIpc) is 3.22. The molecule has 1 aromatic heterocycles. The van der Waals surface area contributed by atoms with Crippen molar-refractivity contribution in [2.75, 3.05) is 33.9 Å². The number of rotatable bonds is 10. The summed E-state index contributed by atoms with van der Waals surface area (Å²) in [6.45, 7) is 5.81. The smallest absolute Gasteiger partial charge is 0.251 e. The molecule has 1 fully saturated rings. The molecule has 0 radical (unpaired) electrons. The minimum absolute atomic E-state index is 0.0987. The van der Waals surface area contributed by atoms with Crippen molar-refractivity contribution in [3.05, 3.63) is 41.5 Å². The Hall–Kier alpha value is -2.54. The molecule has 0 bridgehead atoms. The van der Waals surface area contributed by atoms with Gasteiger partial charge in [-0.3, -0.25) is 9.69 Å². The molecule has 164 valence electrons. The van der Waals surface area contributed by atoms with Gasteiger partial charge < -0.3 is 19.8 Å². The summed E-state index contributed by atoms with van der Waals surface area (Å²) in [5, 5.41) is 3.09. The van der Waals surface area contributed by atoms with Crippen molar-refractivity contribution >= 4 is 5.91 Å². The van der Waals surface area contributed by atoms with E-state index in [1.165, 1.54) is 12.1 Å². The highest BCUT2D eigenvalue weighted by molar-refractivity contribution is 5.95. The van der Waals surface area contributed by atoms with Crippen LogP contribution < -0.4 is 14.8 Å². The summed E-state index contributed by atoms with van der Waals surface area (Å²) in [7, 11) is 3.17. The molecule has 2 aromatic rings. The third-order valence-electron chi connectivity index (χ3n) is 5.61. The molecule has 2 N–H and O–H groups in total. The highest BCUT2D eigenvalue weighted by Crippen LogP contribution is 2.23. The molecule has 1 aliphatic heterocycles. The fourth-order valence-corrected chi connectivity index (χ4v) is 3.94. The van der Waals surface area contributed by atoms with Gasteiger partial charge in [-0.1, -0.05) is 13.3 Å². The van der Waals surface area contributed by atoms with Crippen LogP contribution in [0.2, 0.25) is 0 Å². The molecule has 2 heterocycles. The lowest BCUT2D eigenvalue weighted by Crippen LogP contribution is -2.40. The van der Waals surface area contributed by atoms with Crippen molar-refractivity contribution in [1.82, 2.24) is 20.2 Å². The lowest BCUT2D eigenvalue weighted by Gasteiger charge is -2.32. The number of hydrogen-bond donors (Lipinski definition) is 2. The Kier molecular flexibility index (Phi) is 8.13. The van der Waals surface area contributed by atoms with Gasteiger partial charge in [0, 0.05) is 49.6 Å². The van der Waals surface area contributed by atoms with Crippen LogP contribution in [0.5, 0.6) is 11.5 Å². The van der Waals surface area contributed by atoms with Crippen LogP contribution in [0.1, 0.15) is 54.5 Å². The van der Waals surface area contributed by atoms with Crippen LogP contribution in [0.3, 0.4) is 0 Å². The number of carbonyl (C=O) groups is 1. The molecule has 1 unspecified atom stereocenters. The maximum atomic E-state index is 12.6. The number of aryl methyl sites for hydroxylation is 1. The molecule has 7 heteroatoms. The molecule has 30 heavy (non-hydrogen) atoms. The molecular formula is C23H34N4O3. The first-order valence-electron chi connectivity index (χ1n) is 10.9. The van der Waals surface area contributed by atoms with Crippen LogP contribution in [-0.2, 0) is 13.0 Å². The van der Waals surface area contributed by atoms with E-state index in [2.05, 4.69) is 27.1 Å². The third-order valence-corrected chi connectivity index (χ3v) is 5.61. The Morgan fingerprint density at radius 1 is 1.27 bits per heavy atom. The Bertz CT molecular complexity index is 798. The lowest BCUT2D eigenvalue weighted by molar-refractivity contribution is 0.0929. The highest BCUT2D eigenvalue weighted by Gasteiger charge is 2.21. The Balaban J connectivity index is 1.50. The molecule has 0 spiro atoms. The van der Waals surface area contributed by atoms with Crippen molar-refractivity contribution in [1.29, 1.82) is 0 Å². The number of imidazole rings is 1. The second kappa shape index (κ2) is 11.0. The number of benzene rings is 1. The number of methoxy groups -OCH3 is 2. The van der Waals surface area contributed by atoms with Crippen LogP contribution in [0.25, 0.3) is 0 Å². The summed E-state index contributed by atoms with van der Waals surface area (Å²) in [5.74, 6) is 2.65. The molecular weight excluding hydrogens is 380 g/mol. The molecule has 7 nitrogen and oxygen atoms in total. The van der Waals surface area contributed by atoms with Gasteiger partial charge in [-0.05, 0) is 43.9 Å². The van der Waals surface area contributed by atoms with E-state index >= 15 is 0 Å². The SMILES string of the molecule is CCCCc1ncc(CN2CCCC(CNC(=O)c3cc(OC)cc(OC)c3)C2)[nH]1. The van der Waals surface area contributed by atoms with Crippen LogP contribution in [0.15, 0.2) is 24.4 Å². The Labute approximate surface area is 179 Å². The first kappa shape index (κ1) is 22.2. The van der Waals surface area contributed by atoms with Gasteiger partial charge in [-0.25, -0.2) is 4.98 Å². The van der Waals surface area contributed by atoms with E-state index in [9.17, 15) is 4.79 Å². The van der Waals surface area contributed by atoms with Gasteiger partial charge in [0.2, 0.25) is 0 Å². The second-order valence-corrected chi connectivity index (χ2v) is 8.01. The summed E-state index contributed by atoms with van der Waals surface area (Å²) >= 11 is 0. The fraction of sp³-hybridized carbons (Fsp3) is 0.565. The minimum atomic E-state index is -0.0987. The fourth-order valence-electron chi connectivity index (χ4n) is 3.94.